The fourth-order valence-corrected chi connectivity index (χ4v) is 0.799. The van der Waals surface area contributed by atoms with Gasteiger partial charge in [-0.25, -0.2) is 10.2 Å². The first-order valence-corrected chi connectivity index (χ1v) is 3.81. The summed E-state index contributed by atoms with van der Waals surface area (Å²) in [5.74, 6) is -1.06. The monoisotopic (exact) mass is 187 g/mol. The zero-order valence-corrected chi connectivity index (χ0v) is 7.40. The molecular weight excluding hydrogens is 174 g/mol. The molecule has 0 radical (unpaired) electrons. The highest BCUT2D eigenvalue weighted by Crippen LogP contribution is 2.12. The Kier molecular flexibility index (Phi) is 4.64. The molecule has 1 atom stereocenters. The molecule has 4 N–H and O–H groups in total. The fourth-order valence-electron chi connectivity index (χ4n) is 0.799. The van der Waals surface area contributed by atoms with Gasteiger partial charge in [0.25, 0.3) is 0 Å². The third-order valence-corrected chi connectivity index (χ3v) is 1.69. The highest BCUT2D eigenvalue weighted by atomic mass is 16.4. The van der Waals surface area contributed by atoms with Gasteiger partial charge in [0.1, 0.15) is 0 Å². The molecule has 7 nitrogen and oxygen atoms in total. The van der Waals surface area contributed by atoms with Gasteiger partial charge in [0.05, 0.1) is 0 Å². The summed E-state index contributed by atoms with van der Waals surface area (Å²) in [5, 5.41) is 11.8. The molecule has 7 heteroatoms. The Morgan fingerprint density at radius 3 is 2.85 bits per heavy atom. The molecule has 0 aliphatic rings. The van der Waals surface area contributed by atoms with Crippen molar-refractivity contribution in [1.82, 2.24) is 5.43 Å². The van der Waals surface area contributed by atoms with Crippen LogP contribution in [0.3, 0.4) is 0 Å². The molecule has 0 fully saturated rings. The second kappa shape index (κ2) is 5.23. The van der Waals surface area contributed by atoms with E-state index in [1.807, 2.05) is 0 Å². The maximum atomic E-state index is 10.7. The number of rotatable bonds is 6. The molecule has 0 spiro atoms. The molecule has 0 amide bonds. The first-order chi connectivity index (χ1) is 6.06. The van der Waals surface area contributed by atoms with E-state index >= 15 is 0 Å². The third kappa shape index (κ3) is 3.64. The van der Waals surface area contributed by atoms with E-state index in [9.17, 15) is 4.79 Å². The molecule has 0 aliphatic heterocycles. The van der Waals surface area contributed by atoms with Crippen LogP contribution in [0.15, 0.2) is 5.22 Å². The predicted molar refractivity (Wildman–Crippen MR) is 46.6 cm³/mol. The molecule has 0 heterocycles. The van der Waals surface area contributed by atoms with Crippen molar-refractivity contribution in [3.63, 3.8) is 0 Å². The van der Waals surface area contributed by atoms with Crippen molar-refractivity contribution < 1.29 is 9.90 Å². The summed E-state index contributed by atoms with van der Waals surface area (Å²) in [6.45, 7) is 1.85. The SMILES string of the molecule is C[C@](CCCN)(NN=[N+]=[N-])C(=O)O. The normalized spacial score (nSPS) is 14.0. The van der Waals surface area contributed by atoms with Crippen molar-refractivity contribution in [3.05, 3.63) is 10.4 Å². The van der Waals surface area contributed by atoms with Crippen molar-refractivity contribution in [3.8, 4) is 0 Å². The molecule has 0 aromatic carbocycles. The minimum Gasteiger partial charge on any atom is -0.478 e. The van der Waals surface area contributed by atoms with Gasteiger partial charge in [-0.2, -0.15) is 4.91 Å². The van der Waals surface area contributed by atoms with Gasteiger partial charge in [0, 0.05) is 6.42 Å². The summed E-state index contributed by atoms with van der Waals surface area (Å²) in [4.78, 5) is 13.2. The summed E-state index contributed by atoms with van der Waals surface area (Å²) in [5.41, 5.74) is 14.3. The van der Waals surface area contributed by atoms with Gasteiger partial charge >= 0.3 is 5.97 Å². The summed E-state index contributed by atoms with van der Waals surface area (Å²) >= 11 is 0. The molecule has 0 saturated carbocycles. The van der Waals surface area contributed by atoms with E-state index in [1.54, 1.807) is 0 Å². The Morgan fingerprint density at radius 2 is 2.46 bits per heavy atom. The number of azide groups is 1. The quantitative estimate of drug-likeness (QED) is 0.240. The lowest BCUT2D eigenvalue weighted by atomic mass is 9.97. The Morgan fingerprint density at radius 1 is 1.85 bits per heavy atom. The lowest BCUT2D eigenvalue weighted by Crippen LogP contribution is -2.46. The Hall–Kier alpha value is -1.46. The molecular formula is C6H13N5O2. The molecule has 0 saturated heterocycles. The van der Waals surface area contributed by atoms with E-state index in [0.717, 1.165) is 0 Å². The van der Waals surface area contributed by atoms with Gasteiger partial charge < -0.3 is 10.8 Å². The minimum absolute atomic E-state index is 0.317. The van der Waals surface area contributed by atoms with Crippen molar-refractivity contribution in [2.75, 3.05) is 6.54 Å². The molecule has 0 rings (SSSR count). The molecule has 0 aromatic heterocycles. The predicted octanol–water partition coefficient (Wildman–Crippen LogP) is 0.384. The Labute approximate surface area is 75.5 Å². The largest absolute Gasteiger partial charge is 0.478 e. The van der Waals surface area contributed by atoms with Gasteiger partial charge in [-0.3, -0.25) is 0 Å². The van der Waals surface area contributed by atoms with Crippen LogP contribution in [0.1, 0.15) is 19.8 Å². The van der Waals surface area contributed by atoms with E-state index < -0.39 is 11.5 Å². The highest BCUT2D eigenvalue weighted by Gasteiger charge is 2.35. The van der Waals surface area contributed by atoms with E-state index in [0.29, 0.717) is 19.4 Å². The summed E-state index contributed by atoms with van der Waals surface area (Å²) in [7, 11) is 0. The second-order valence-corrected chi connectivity index (χ2v) is 2.83. The number of nitrogens with one attached hydrogen (secondary N) is 1. The first-order valence-electron chi connectivity index (χ1n) is 3.81. The number of carboxylic acids is 1. The zero-order valence-electron chi connectivity index (χ0n) is 7.40. The summed E-state index contributed by atoms with van der Waals surface area (Å²) in [6, 6.07) is 0. The molecule has 0 bridgehead atoms. The highest BCUT2D eigenvalue weighted by molar-refractivity contribution is 5.78. The van der Waals surface area contributed by atoms with Crippen molar-refractivity contribution in [1.29, 1.82) is 0 Å². The van der Waals surface area contributed by atoms with Gasteiger partial charge in [0.15, 0.2) is 0 Å². The third-order valence-electron chi connectivity index (χ3n) is 1.69. The second-order valence-electron chi connectivity index (χ2n) is 2.83. The number of hydrogen-bond acceptors (Lipinski definition) is 3. The van der Waals surface area contributed by atoms with Crippen LogP contribution in [0.5, 0.6) is 0 Å². The van der Waals surface area contributed by atoms with Crippen molar-refractivity contribution >= 4 is 5.97 Å². The number of carbonyl (C=O) groups is 1. The van der Waals surface area contributed by atoms with Crippen LogP contribution in [0, 0.1) is 0 Å². The van der Waals surface area contributed by atoms with Gasteiger partial charge in [0.2, 0.25) is 5.54 Å². The molecule has 0 aromatic rings. The van der Waals surface area contributed by atoms with E-state index in [4.69, 9.17) is 16.4 Å². The lowest BCUT2D eigenvalue weighted by molar-refractivity contribution is -0.144. The van der Waals surface area contributed by atoms with Crippen LogP contribution < -0.4 is 11.2 Å². The first kappa shape index (κ1) is 11.5. The number of hydrogen-bond donors (Lipinski definition) is 3. The average Bonchev–Trinajstić information content (AvgIpc) is 2.11. The van der Waals surface area contributed by atoms with Gasteiger partial charge in [-0.05, 0) is 25.1 Å². The van der Waals surface area contributed by atoms with Crippen LogP contribution in [0.25, 0.3) is 10.4 Å². The lowest BCUT2D eigenvalue weighted by Gasteiger charge is -2.19. The van der Waals surface area contributed by atoms with Crippen LogP contribution >= 0.6 is 0 Å². The average molecular weight is 187 g/mol. The Balaban J connectivity index is 4.33. The van der Waals surface area contributed by atoms with E-state index in [-0.39, 0.29) is 0 Å². The maximum absolute atomic E-state index is 10.7. The number of nitrogens with zero attached hydrogens (tertiary/aromatic N) is 3. The molecule has 13 heavy (non-hydrogen) atoms. The van der Waals surface area contributed by atoms with Crippen LogP contribution in [-0.2, 0) is 4.79 Å². The number of carboxylic acid groups (broad SMARTS) is 1. The topological polar surface area (TPSA) is 124 Å². The molecule has 0 unspecified atom stereocenters. The van der Waals surface area contributed by atoms with Crippen molar-refractivity contribution in [2.24, 2.45) is 11.0 Å². The van der Waals surface area contributed by atoms with Crippen LogP contribution in [0.4, 0.5) is 0 Å². The minimum atomic E-state index is -1.23. The van der Waals surface area contributed by atoms with Crippen LogP contribution in [-0.4, -0.2) is 23.2 Å². The molecule has 0 aliphatic carbocycles. The van der Waals surface area contributed by atoms with E-state index in [1.165, 1.54) is 6.92 Å². The summed E-state index contributed by atoms with van der Waals surface area (Å²) < 4.78 is 0. The number of nitrogens with two attached hydrogens (primary N) is 1. The van der Waals surface area contributed by atoms with Crippen molar-refractivity contribution in [2.45, 2.75) is 25.3 Å². The smallest absolute Gasteiger partial charge is 0.351 e. The van der Waals surface area contributed by atoms with Crippen LogP contribution in [0.2, 0.25) is 0 Å². The maximum Gasteiger partial charge on any atom is 0.351 e. The molecule has 74 valence electrons. The number of aliphatic carboxylic acids is 1. The van der Waals surface area contributed by atoms with E-state index in [2.05, 4.69) is 15.6 Å². The fraction of sp³-hybridized carbons (Fsp3) is 0.833. The summed E-state index contributed by atoms with van der Waals surface area (Å²) in [6.07, 6.45) is 0.870. The zero-order chi connectivity index (χ0) is 10.3. The standard InChI is InChI=1S/C6H13N5O2/c1-6(5(12)13,3-2-4-7)9-11-10-8/h9H,2-4,7H2,1H3,(H,12,13)/t6-/m1/s1. The van der Waals surface area contributed by atoms with Gasteiger partial charge in [-0.15, -0.1) is 5.53 Å². The van der Waals surface area contributed by atoms with Gasteiger partial charge in [-0.1, -0.05) is 0 Å². The Bertz CT molecular complexity index is 225.